The van der Waals surface area contributed by atoms with Crippen molar-refractivity contribution >= 4 is 70.5 Å². The molecule has 0 atom stereocenters. The van der Waals surface area contributed by atoms with Crippen molar-refractivity contribution in [3.8, 4) is 0 Å². The van der Waals surface area contributed by atoms with Crippen LogP contribution in [0.2, 0.25) is 4.34 Å². The second kappa shape index (κ2) is 5.31. The van der Waals surface area contributed by atoms with Gasteiger partial charge in [-0.1, -0.05) is 0 Å². The second-order valence-corrected chi connectivity index (χ2v) is 7.33. The van der Waals surface area contributed by atoms with Crippen molar-refractivity contribution in [2.24, 2.45) is 7.92 Å². The molecular formula is C11H7BrClN3SSe. The fraction of sp³-hybridized carbons (Fsp3) is 0.0909. The molecule has 0 bridgehead atoms. The van der Waals surface area contributed by atoms with E-state index >= 15 is 0 Å². The van der Waals surface area contributed by atoms with Crippen molar-refractivity contribution in [1.29, 1.82) is 0 Å². The van der Waals surface area contributed by atoms with Crippen LogP contribution >= 0.6 is 38.9 Å². The van der Waals surface area contributed by atoms with Gasteiger partial charge in [0.2, 0.25) is 0 Å². The second-order valence-electron chi connectivity index (χ2n) is 3.63. The van der Waals surface area contributed by atoms with Gasteiger partial charge in [-0.15, -0.1) is 0 Å². The molecule has 1 N–H and O–H groups in total. The number of thiophene rings is 1. The van der Waals surface area contributed by atoms with E-state index in [-0.39, 0.29) is 14.6 Å². The number of halogens is 2. The number of hydrogen-bond acceptors (Lipinski definition) is 4. The van der Waals surface area contributed by atoms with E-state index in [1.807, 2.05) is 24.3 Å². The Kier molecular flexibility index (Phi) is 3.73. The van der Waals surface area contributed by atoms with Gasteiger partial charge in [-0.25, -0.2) is 0 Å². The van der Waals surface area contributed by atoms with Crippen LogP contribution in [0.3, 0.4) is 0 Å². The van der Waals surface area contributed by atoms with Crippen LogP contribution in [0.5, 0.6) is 0 Å². The number of nitrogens with zero attached hydrogens (tertiary/aromatic N) is 2. The van der Waals surface area contributed by atoms with Gasteiger partial charge in [-0.05, 0) is 0 Å². The topological polar surface area (TPSA) is 36.8 Å². The zero-order valence-corrected chi connectivity index (χ0v) is 13.9. The van der Waals surface area contributed by atoms with Gasteiger partial charge in [-0.2, -0.15) is 0 Å². The fourth-order valence-electron chi connectivity index (χ4n) is 1.61. The summed E-state index contributed by atoms with van der Waals surface area (Å²) in [6, 6.07) is 8.06. The first-order valence-corrected chi connectivity index (χ1v) is 8.65. The number of fused-ring (bicyclic) bond motifs is 1. The maximum absolute atomic E-state index is 6.02. The number of nitrogens with one attached hydrogen (secondary N) is 1. The van der Waals surface area contributed by atoms with Crippen LogP contribution in [0.1, 0.15) is 4.88 Å². The third kappa shape index (κ3) is 2.49. The molecule has 1 aromatic carbocycles. The molecule has 2 aromatic rings. The summed E-state index contributed by atoms with van der Waals surface area (Å²) in [5.41, 5.74) is 3.01. The van der Waals surface area contributed by atoms with E-state index in [0.717, 1.165) is 32.4 Å². The monoisotopic (exact) mass is 407 g/mol. The molecular weight excluding hydrogens is 401 g/mol. The zero-order chi connectivity index (χ0) is 12.5. The zero-order valence-electron chi connectivity index (χ0n) is 8.98. The normalized spacial score (nSPS) is 12.3. The van der Waals surface area contributed by atoms with E-state index < -0.39 is 0 Å². The number of rotatable bonds is 3. The van der Waals surface area contributed by atoms with Crippen LogP contribution in [0, 0.1) is 0 Å². The molecule has 1 aromatic heterocycles. The molecule has 7 heteroatoms. The third-order valence-electron chi connectivity index (χ3n) is 2.44. The van der Waals surface area contributed by atoms with Crippen LogP contribution < -0.4 is 5.32 Å². The molecule has 0 unspecified atom stereocenters. The summed E-state index contributed by atoms with van der Waals surface area (Å²) in [5.74, 6) is 0. The predicted molar refractivity (Wildman–Crippen MR) is 80.7 cm³/mol. The summed E-state index contributed by atoms with van der Waals surface area (Å²) in [5, 5.41) is 3.39. The van der Waals surface area contributed by atoms with E-state index in [9.17, 15) is 0 Å². The molecule has 0 saturated carbocycles. The predicted octanol–water partition coefficient (Wildman–Crippen LogP) is 5.12. The molecule has 3 nitrogen and oxygen atoms in total. The van der Waals surface area contributed by atoms with Crippen molar-refractivity contribution in [3.63, 3.8) is 0 Å². The fourth-order valence-corrected chi connectivity index (χ4v) is 4.49. The molecule has 2 heterocycles. The van der Waals surface area contributed by atoms with Gasteiger partial charge >= 0.3 is 128 Å². The quantitative estimate of drug-likeness (QED) is 0.601. The van der Waals surface area contributed by atoms with Gasteiger partial charge in [0.05, 0.1) is 0 Å². The molecule has 0 radical (unpaired) electrons. The molecule has 92 valence electrons. The van der Waals surface area contributed by atoms with E-state index in [1.165, 1.54) is 4.88 Å². The Morgan fingerprint density at radius 1 is 1.39 bits per heavy atom. The first-order chi connectivity index (χ1) is 8.74. The van der Waals surface area contributed by atoms with E-state index in [2.05, 4.69) is 29.2 Å². The maximum atomic E-state index is 6.02. The molecule has 1 aliphatic rings. The first-order valence-electron chi connectivity index (χ1n) is 5.13. The first kappa shape index (κ1) is 12.6. The summed E-state index contributed by atoms with van der Waals surface area (Å²) in [6.45, 7) is 0.745. The Labute approximate surface area is 127 Å². The number of anilines is 1. The van der Waals surface area contributed by atoms with E-state index in [4.69, 9.17) is 11.6 Å². The summed E-state index contributed by atoms with van der Waals surface area (Å²) < 4.78 is 10.5. The minimum atomic E-state index is 0.00931. The van der Waals surface area contributed by atoms with Gasteiger partial charge in [-0.3, -0.25) is 0 Å². The summed E-state index contributed by atoms with van der Waals surface area (Å²) in [6.07, 6.45) is 0. The Morgan fingerprint density at radius 3 is 3.06 bits per heavy atom. The Balaban J connectivity index is 1.78. The Morgan fingerprint density at radius 2 is 2.28 bits per heavy atom. The van der Waals surface area contributed by atoms with Crippen molar-refractivity contribution in [2.75, 3.05) is 5.32 Å². The van der Waals surface area contributed by atoms with Gasteiger partial charge in [0.15, 0.2) is 0 Å². The van der Waals surface area contributed by atoms with Crippen LogP contribution in [0.4, 0.5) is 17.1 Å². The van der Waals surface area contributed by atoms with Gasteiger partial charge < -0.3 is 0 Å². The van der Waals surface area contributed by atoms with Crippen molar-refractivity contribution < 1.29 is 0 Å². The molecule has 3 rings (SSSR count). The van der Waals surface area contributed by atoms with Crippen molar-refractivity contribution in [1.82, 2.24) is 0 Å². The van der Waals surface area contributed by atoms with Crippen molar-refractivity contribution in [3.05, 3.63) is 38.0 Å². The van der Waals surface area contributed by atoms with Crippen LogP contribution in [-0.2, 0) is 6.54 Å². The van der Waals surface area contributed by atoms with Gasteiger partial charge in [0.25, 0.3) is 0 Å². The van der Waals surface area contributed by atoms with Gasteiger partial charge in [0.1, 0.15) is 0 Å². The Bertz CT molecular complexity index is 659. The summed E-state index contributed by atoms with van der Waals surface area (Å²) >= 11 is 11.0. The molecule has 1 aliphatic heterocycles. The van der Waals surface area contributed by atoms with Crippen molar-refractivity contribution in [2.45, 2.75) is 6.54 Å². The standard InChI is InChI=1S/C11H7BrClN3SSe/c12-7-4-6(17-11(7)13)5-14-8-2-1-3-9-10(8)16-18-15-9/h1-4,14H,5H2. The SMILES string of the molecule is Clc1sc(CNc2cccc3c2N=[Se]=N3)cc1Br. The summed E-state index contributed by atoms with van der Waals surface area (Å²) in [4.78, 5) is 1.19. The minimum absolute atomic E-state index is 0.00931. The molecule has 0 spiro atoms. The van der Waals surface area contributed by atoms with E-state index in [1.54, 1.807) is 11.3 Å². The molecule has 0 amide bonds. The average molecular weight is 408 g/mol. The third-order valence-corrected chi connectivity index (χ3v) is 6.05. The van der Waals surface area contributed by atoms with Gasteiger partial charge in [0, 0.05) is 0 Å². The molecule has 0 fully saturated rings. The Hall–Kier alpha value is -0.391. The summed E-state index contributed by atoms with van der Waals surface area (Å²) in [7, 11) is 0. The molecule has 0 aliphatic carbocycles. The number of benzene rings is 1. The average Bonchev–Trinajstić information content (AvgIpc) is 2.94. The van der Waals surface area contributed by atoms with Crippen LogP contribution in [-0.4, -0.2) is 14.6 Å². The van der Waals surface area contributed by atoms with E-state index in [0.29, 0.717) is 0 Å². The molecule has 18 heavy (non-hydrogen) atoms. The number of hydrogen-bond donors (Lipinski definition) is 1. The van der Waals surface area contributed by atoms with Crippen LogP contribution in [0.15, 0.2) is 36.7 Å². The van der Waals surface area contributed by atoms with Crippen LogP contribution in [0.25, 0.3) is 0 Å². The molecule has 0 saturated heterocycles.